The molecule has 0 atom stereocenters. The summed E-state index contributed by atoms with van der Waals surface area (Å²) in [4.78, 5) is 24.9. The number of hydrogen-bond acceptors (Lipinski definition) is 3. The second-order valence-corrected chi connectivity index (χ2v) is 2.62. The van der Waals surface area contributed by atoms with Gasteiger partial charge in [0.25, 0.3) is 0 Å². The highest BCUT2D eigenvalue weighted by molar-refractivity contribution is 6.45. The first-order chi connectivity index (χ1) is 5.59. The number of carbonyl (C=O) groups is 2. The number of nitrogens with zero attached hydrogens (tertiary/aromatic N) is 1. The molecular weight excluding hydrogens is 182 g/mol. The highest BCUT2D eigenvalue weighted by Crippen LogP contribution is 1.96. The maximum atomic E-state index is 10.6. The molecule has 2 amide bonds. The lowest BCUT2D eigenvalue weighted by Crippen LogP contribution is -2.25. The minimum absolute atomic E-state index is 0.117. The van der Waals surface area contributed by atoms with Crippen LogP contribution in [0, 0.1) is 0 Å². The van der Waals surface area contributed by atoms with Crippen LogP contribution in [0.25, 0.3) is 0 Å². The highest BCUT2D eigenvalue weighted by atomic mass is 35.5. The topological polar surface area (TPSA) is 70.6 Å². The van der Waals surface area contributed by atoms with Gasteiger partial charge in [-0.15, -0.1) is 0 Å². The first-order valence-corrected chi connectivity index (χ1v) is 3.47. The van der Waals surface area contributed by atoms with Crippen molar-refractivity contribution >= 4 is 29.4 Å². The zero-order valence-electron chi connectivity index (χ0n) is 6.06. The number of hydrogen-bond donors (Lipinski definition) is 2. The molecule has 0 aromatic rings. The van der Waals surface area contributed by atoms with E-state index in [0.717, 1.165) is 0 Å². The van der Waals surface area contributed by atoms with Crippen molar-refractivity contribution in [2.45, 2.75) is 0 Å². The van der Waals surface area contributed by atoms with Crippen molar-refractivity contribution in [3.8, 4) is 0 Å². The van der Waals surface area contributed by atoms with Gasteiger partial charge < -0.3 is 0 Å². The Morgan fingerprint density at radius 2 is 1.92 bits per heavy atom. The van der Waals surface area contributed by atoms with E-state index in [4.69, 9.17) is 11.6 Å². The van der Waals surface area contributed by atoms with Gasteiger partial charge in [-0.05, 0) is 0 Å². The average molecular weight is 188 g/mol. The highest BCUT2D eigenvalue weighted by Gasteiger charge is 2.24. The normalized spacial score (nSPS) is 15.6. The summed E-state index contributed by atoms with van der Waals surface area (Å²) in [6, 6.07) is 0. The summed E-state index contributed by atoms with van der Waals surface area (Å²) in [5.41, 5.74) is 0. The third-order valence-electron chi connectivity index (χ3n) is 1.08. The Balaban J connectivity index is 2.57. The van der Waals surface area contributed by atoms with Crippen LogP contribution in [-0.2, 0) is 9.59 Å². The quantitative estimate of drug-likeness (QED) is 0.564. The van der Waals surface area contributed by atoms with E-state index < -0.39 is 11.8 Å². The molecule has 0 saturated carbocycles. The van der Waals surface area contributed by atoms with Gasteiger partial charge in [-0.25, -0.2) is 4.99 Å². The fourth-order valence-electron chi connectivity index (χ4n) is 0.604. The second-order valence-electron chi connectivity index (χ2n) is 2.09. The van der Waals surface area contributed by atoms with Crippen LogP contribution in [-0.4, -0.2) is 24.3 Å². The summed E-state index contributed by atoms with van der Waals surface area (Å²) in [6.45, 7) is 3.55. The van der Waals surface area contributed by atoms with Gasteiger partial charge in [-0.3, -0.25) is 20.2 Å². The third kappa shape index (κ3) is 2.06. The largest absolute Gasteiger partial charge is 0.316 e. The lowest BCUT2D eigenvalue weighted by atomic mass is 10.6. The molecule has 1 saturated heterocycles. The fraction of sp³-hybridized carbons (Fsp3) is 0.167. The van der Waals surface area contributed by atoms with Crippen LogP contribution >= 0.6 is 11.6 Å². The predicted octanol–water partition coefficient (Wildman–Crippen LogP) is -0.659. The second kappa shape index (κ2) is 3.36. The summed E-state index contributed by atoms with van der Waals surface area (Å²) >= 11 is 5.40. The standard InChI is InChI=1S/C6H6ClN3O2/c1-3(7)2-8-6-9-4(11)5(12)10-6/h1-2H2,(H2,8,9,10,11,12). The van der Waals surface area contributed by atoms with Crippen molar-refractivity contribution in [2.75, 3.05) is 6.54 Å². The molecule has 0 aromatic heterocycles. The van der Waals surface area contributed by atoms with Crippen molar-refractivity contribution in [1.29, 1.82) is 0 Å². The number of amides is 2. The van der Waals surface area contributed by atoms with E-state index in [-0.39, 0.29) is 12.5 Å². The van der Waals surface area contributed by atoms with Crippen LogP contribution in [0.5, 0.6) is 0 Å². The predicted molar refractivity (Wildman–Crippen MR) is 43.6 cm³/mol. The van der Waals surface area contributed by atoms with Crippen LogP contribution in [0.2, 0.25) is 0 Å². The molecule has 1 aliphatic heterocycles. The molecule has 2 N–H and O–H groups in total. The third-order valence-corrected chi connectivity index (χ3v) is 1.20. The summed E-state index contributed by atoms with van der Waals surface area (Å²) in [5.74, 6) is -1.31. The van der Waals surface area contributed by atoms with Crippen molar-refractivity contribution < 1.29 is 9.59 Å². The number of guanidine groups is 1. The number of halogens is 1. The van der Waals surface area contributed by atoms with Gasteiger partial charge in [0.05, 0.1) is 6.54 Å². The Labute approximate surface area is 73.5 Å². The number of nitrogens with one attached hydrogen (secondary N) is 2. The molecule has 64 valence electrons. The maximum absolute atomic E-state index is 10.6. The smallest absolute Gasteiger partial charge is 0.288 e. The molecule has 5 nitrogen and oxygen atoms in total. The van der Waals surface area contributed by atoms with E-state index in [1.54, 1.807) is 0 Å². The molecule has 1 heterocycles. The lowest BCUT2D eigenvalue weighted by molar-refractivity contribution is -0.135. The zero-order chi connectivity index (χ0) is 9.14. The van der Waals surface area contributed by atoms with Crippen molar-refractivity contribution in [1.82, 2.24) is 10.6 Å². The Morgan fingerprint density at radius 3 is 2.33 bits per heavy atom. The molecule has 0 spiro atoms. The van der Waals surface area contributed by atoms with Crippen molar-refractivity contribution in [2.24, 2.45) is 4.99 Å². The molecule has 0 aliphatic carbocycles. The summed E-state index contributed by atoms with van der Waals surface area (Å²) in [7, 11) is 0. The van der Waals surface area contributed by atoms with E-state index in [1.165, 1.54) is 0 Å². The van der Waals surface area contributed by atoms with E-state index in [2.05, 4.69) is 22.2 Å². The van der Waals surface area contributed by atoms with Gasteiger partial charge in [0.2, 0.25) is 5.96 Å². The molecule has 0 unspecified atom stereocenters. The Morgan fingerprint density at radius 1 is 1.42 bits per heavy atom. The van der Waals surface area contributed by atoms with Crippen LogP contribution < -0.4 is 10.6 Å². The van der Waals surface area contributed by atoms with E-state index in [1.807, 2.05) is 0 Å². The molecule has 6 heteroatoms. The van der Waals surface area contributed by atoms with E-state index >= 15 is 0 Å². The van der Waals surface area contributed by atoms with Gasteiger partial charge in [-0.1, -0.05) is 18.2 Å². The van der Waals surface area contributed by atoms with Crippen LogP contribution in [0.3, 0.4) is 0 Å². The van der Waals surface area contributed by atoms with Crippen LogP contribution in [0.4, 0.5) is 0 Å². The van der Waals surface area contributed by atoms with Gasteiger partial charge >= 0.3 is 11.8 Å². The van der Waals surface area contributed by atoms with E-state index in [0.29, 0.717) is 5.03 Å². The average Bonchev–Trinajstić information content (AvgIpc) is 2.28. The van der Waals surface area contributed by atoms with Gasteiger partial charge in [0.15, 0.2) is 0 Å². The molecular formula is C6H6ClN3O2. The first-order valence-electron chi connectivity index (χ1n) is 3.09. The van der Waals surface area contributed by atoms with Crippen molar-refractivity contribution in [3.63, 3.8) is 0 Å². The van der Waals surface area contributed by atoms with Crippen molar-refractivity contribution in [3.05, 3.63) is 11.6 Å². The van der Waals surface area contributed by atoms with Gasteiger partial charge in [0, 0.05) is 5.03 Å². The molecule has 12 heavy (non-hydrogen) atoms. The maximum Gasteiger partial charge on any atom is 0.316 e. The molecule has 1 fully saturated rings. The number of aliphatic imine (C=N–C) groups is 1. The molecule has 1 aliphatic rings. The minimum atomic E-state index is -0.714. The first kappa shape index (κ1) is 8.73. The molecule has 0 bridgehead atoms. The van der Waals surface area contributed by atoms with E-state index in [9.17, 15) is 9.59 Å². The Hall–Kier alpha value is -1.36. The number of rotatable bonds is 2. The molecule has 0 radical (unpaired) electrons. The monoisotopic (exact) mass is 187 g/mol. The Kier molecular flexibility index (Phi) is 2.44. The SMILES string of the molecule is C=C(Cl)CN=C1NC(=O)C(=O)N1. The number of carbonyl (C=O) groups excluding carboxylic acids is 2. The zero-order valence-corrected chi connectivity index (χ0v) is 6.81. The van der Waals surface area contributed by atoms with Crippen LogP contribution in [0.15, 0.2) is 16.6 Å². The lowest BCUT2D eigenvalue weighted by Gasteiger charge is -1.93. The van der Waals surface area contributed by atoms with Gasteiger partial charge in [-0.2, -0.15) is 0 Å². The minimum Gasteiger partial charge on any atom is -0.288 e. The van der Waals surface area contributed by atoms with Gasteiger partial charge in [0.1, 0.15) is 0 Å². The summed E-state index contributed by atoms with van der Waals surface area (Å²) in [6.07, 6.45) is 0. The summed E-state index contributed by atoms with van der Waals surface area (Å²) < 4.78 is 0. The fourth-order valence-corrected chi connectivity index (χ4v) is 0.664. The summed E-state index contributed by atoms with van der Waals surface area (Å²) in [5, 5.41) is 4.75. The Bertz CT molecular complexity index is 267. The molecule has 1 rings (SSSR count). The van der Waals surface area contributed by atoms with Crippen LogP contribution in [0.1, 0.15) is 0 Å². The molecule has 0 aromatic carbocycles.